The van der Waals surface area contributed by atoms with Gasteiger partial charge in [0, 0.05) is 0 Å². The maximum absolute atomic E-state index is 2.44. The summed E-state index contributed by atoms with van der Waals surface area (Å²) in [5, 5.41) is 4.74. The van der Waals surface area contributed by atoms with Crippen molar-refractivity contribution in [3.63, 3.8) is 0 Å². The van der Waals surface area contributed by atoms with Crippen molar-refractivity contribution in [1.82, 2.24) is 0 Å². The fourth-order valence-electron chi connectivity index (χ4n) is 4.55. The van der Waals surface area contributed by atoms with E-state index < -0.39 is 16.9 Å². The molecule has 1 aliphatic heterocycles. The van der Waals surface area contributed by atoms with E-state index in [4.69, 9.17) is 0 Å². The highest BCUT2D eigenvalue weighted by atomic mass is 28.3. The number of hydrogen-bond acceptors (Lipinski definition) is 0. The zero-order chi connectivity index (χ0) is 21.1. The molecular weight excluding hydrogens is 392 g/mol. The Morgan fingerprint density at radius 1 is 0.500 bits per heavy atom. The lowest BCUT2D eigenvalue weighted by Gasteiger charge is -2.18. The summed E-state index contributed by atoms with van der Waals surface area (Å²) in [6, 6.07) is 37.2. The van der Waals surface area contributed by atoms with Crippen LogP contribution in [0.4, 0.5) is 0 Å². The maximum atomic E-state index is 2.44. The predicted octanol–water partition coefficient (Wildman–Crippen LogP) is 5.54. The molecule has 0 unspecified atom stereocenters. The molecule has 0 spiro atoms. The molecule has 2 heteroatoms. The highest BCUT2D eigenvalue weighted by Gasteiger charge is 2.36. The van der Waals surface area contributed by atoms with Gasteiger partial charge in [-0.2, -0.15) is 0 Å². The van der Waals surface area contributed by atoms with Crippen molar-refractivity contribution in [3.8, 4) is 22.3 Å². The van der Waals surface area contributed by atoms with Gasteiger partial charge in [0.25, 0.3) is 0 Å². The van der Waals surface area contributed by atoms with Crippen LogP contribution < -0.4 is 15.6 Å². The predicted molar refractivity (Wildman–Crippen MR) is 139 cm³/mol. The average Bonchev–Trinajstić information content (AvgIpc) is 3.03. The Labute approximate surface area is 183 Å². The molecule has 0 N–H and O–H groups in total. The smallest absolute Gasteiger partial charge is 0.0682 e. The Morgan fingerprint density at radius 2 is 0.933 bits per heavy atom. The summed E-state index contributed by atoms with van der Waals surface area (Å²) in [4.78, 5) is 0. The topological polar surface area (TPSA) is 0 Å². The third-order valence-electron chi connectivity index (χ3n) is 6.16. The monoisotopic (exact) mass is 422 g/mol. The number of hydrogen-bond donors (Lipinski definition) is 0. The summed E-state index contributed by atoms with van der Waals surface area (Å²) < 4.78 is 0. The quantitative estimate of drug-likeness (QED) is 0.372. The lowest BCUT2D eigenvalue weighted by molar-refractivity contribution is 1.64. The van der Waals surface area contributed by atoms with Crippen molar-refractivity contribution in [3.05, 3.63) is 103 Å². The van der Waals surface area contributed by atoms with Gasteiger partial charge < -0.3 is 0 Å². The van der Waals surface area contributed by atoms with Gasteiger partial charge in [-0.3, -0.25) is 0 Å². The average molecular weight is 423 g/mol. The minimum atomic E-state index is -1.38. The number of fused-ring (bicyclic) bond motifs is 3. The van der Waals surface area contributed by atoms with E-state index in [1.807, 2.05) is 0 Å². The van der Waals surface area contributed by atoms with Gasteiger partial charge in [0.05, 0.1) is 8.80 Å². The van der Waals surface area contributed by atoms with Crippen molar-refractivity contribution >= 4 is 32.4 Å². The Balaban J connectivity index is 0.000000145. The number of benzene rings is 4. The van der Waals surface area contributed by atoms with Crippen LogP contribution in [0.2, 0.25) is 26.2 Å². The van der Waals surface area contributed by atoms with Crippen molar-refractivity contribution in [2.75, 3.05) is 0 Å². The molecule has 30 heavy (non-hydrogen) atoms. The van der Waals surface area contributed by atoms with E-state index in [0.29, 0.717) is 0 Å². The van der Waals surface area contributed by atoms with Crippen LogP contribution in [0.5, 0.6) is 0 Å². The molecule has 4 aromatic rings. The van der Waals surface area contributed by atoms with Gasteiger partial charge >= 0.3 is 0 Å². The van der Waals surface area contributed by atoms with Gasteiger partial charge in [0.2, 0.25) is 0 Å². The molecule has 1 aliphatic rings. The van der Waals surface area contributed by atoms with E-state index in [2.05, 4.69) is 129 Å². The standard InChI is InChI=1S/C14H14Si.C14H16Si/c1-15(2)13-9-5-3-7-11(13)12-8-4-6-10-14(12)15;1-15(2)14-11-7-6-10-13(14)12-8-4-3-5-9-12/h3-10H,1-2H3;3-11,15H,1-2H3. The molecule has 0 fully saturated rings. The highest BCUT2D eigenvalue weighted by Crippen LogP contribution is 2.27. The zero-order valence-corrected chi connectivity index (χ0v) is 20.5. The van der Waals surface area contributed by atoms with Crippen LogP contribution in [-0.4, -0.2) is 16.9 Å². The van der Waals surface area contributed by atoms with Crippen LogP contribution in [0, 0.1) is 0 Å². The van der Waals surface area contributed by atoms with Crippen LogP contribution in [0.3, 0.4) is 0 Å². The van der Waals surface area contributed by atoms with Crippen LogP contribution in [0.1, 0.15) is 0 Å². The first kappa shape index (κ1) is 20.6. The fraction of sp³-hybridized carbons (Fsp3) is 0.143. The second kappa shape index (κ2) is 8.59. The molecule has 0 bridgehead atoms. The summed E-state index contributed by atoms with van der Waals surface area (Å²) in [5.41, 5.74) is 5.68. The molecule has 0 amide bonds. The van der Waals surface area contributed by atoms with Crippen molar-refractivity contribution in [1.29, 1.82) is 0 Å². The van der Waals surface area contributed by atoms with Gasteiger partial charge in [0.15, 0.2) is 0 Å². The first-order valence-electron chi connectivity index (χ1n) is 10.8. The molecule has 0 aliphatic carbocycles. The van der Waals surface area contributed by atoms with Crippen LogP contribution >= 0.6 is 0 Å². The second-order valence-electron chi connectivity index (χ2n) is 8.82. The van der Waals surface area contributed by atoms with Crippen LogP contribution in [0.15, 0.2) is 103 Å². The molecule has 1 heterocycles. The first-order chi connectivity index (χ1) is 14.5. The zero-order valence-electron chi connectivity index (χ0n) is 18.4. The van der Waals surface area contributed by atoms with Crippen LogP contribution in [-0.2, 0) is 0 Å². The largest absolute Gasteiger partial charge is 0.113 e. The fourth-order valence-corrected chi connectivity index (χ4v) is 9.03. The molecule has 4 aromatic carbocycles. The third-order valence-corrected chi connectivity index (χ3v) is 11.5. The number of rotatable bonds is 2. The molecule has 5 rings (SSSR count). The lowest BCUT2D eigenvalue weighted by Crippen LogP contribution is -2.49. The second-order valence-corrected chi connectivity index (χ2v) is 16.1. The maximum Gasteiger partial charge on any atom is 0.113 e. The van der Waals surface area contributed by atoms with E-state index >= 15 is 0 Å². The molecule has 0 aromatic heterocycles. The van der Waals surface area contributed by atoms with Crippen LogP contribution in [0.25, 0.3) is 22.3 Å². The minimum absolute atomic E-state index is 0.738. The Bertz CT molecular complexity index is 1090. The van der Waals surface area contributed by atoms with E-state index in [1.54, 1.807) is 15.6 Å². The van der Waals surface area contributed by atoms with Gasteiger partial charge in [-0.05, 0) is 32.6 Å². The SMILES string of the molecule is C[SiH](C)c1ccccc1-c1ccccc1.C[Si]1(C)c2ccccc2-c2ccccc21. The Hall–Kier alpha value is -2.69. The molecule has 0 saturated carbocycles. The highest BCUT2D eigenvalue weighted by molar-refractivity contribution is 7.03. The van der Waals surface area contributed by atoms with Gasteiger partial charge in [-0.25, -0.2) is 0 Å². The summed E-state index contributed by atoms with van der Waals surface area (Å²) in [7, 11) is -2.12. The van der Waals surface area contributed by atoms with E-state index in [0.717, 1.165) is 0 Å². The molecule has 0 radical (unpaired) electrons. The van der Waals surface area contributed by atoms with E-state index in [1.165, 1.54) is 22.3 Å². The first-order valence-corrected chi connectivity index (χ1v) is 16.7. The summed E-state index contributed by atoms with van der Waals surface area (Å²) in [6.07, 6.45) is 0. The lowest BCUT2D eigenvalue weighted by atomic mass is 10.1. The summed E-state index contributed by atoms with van der Waals surface area (Å²) in [6.45, 7) is 9.64. The van der Waals surface area contributed by atoms with Gasteiger partial charge in [0.1, 0.15) is 8.07 Å². The Kier molecular flexibility index (Phi) is 5.89. The summed E-state index contributed by atoms with van der Waals surface area (Å²) in [5.74, 6) is 0. The molecule has 0 nitrogen and oxygen atoms in total. The van der Waals surface area contributed by atoms with Gasteiger partial charge in [-0.15, -0.1) is 0 Å². The molecule has 0 saturated heterocycles. The van der Waals surface area contributed by atoms with Crippen molar-refractivity contribution in [2.45, 2.75) is 26.2 Å². The molecule has 150 valence electrons. The van der Waals surface area contributed by atoms with Crippen molar-refractivity contribution < 1.29 is 0 Å². The van der Waals surface area contributed by atoms with Crippen molar-refractivity contribution in [2.24, 2.45) is 0 Å². The normalized spacial score (nSPS) is 13.2. The minimum Gasteiger partial charge on any atom is -0.0682 e. The third kappa shape index (κ3) is 3.85. The van der Waals surface area contributed by atoms with Gasteiger partial charge in [-0.1, -0.05) is 135 Å². The Morgan fingerprint density at radius 3 is 1.47 bits per heavy atom. The summed E-state index contributed by atoms with van der Waals surface area (Å²) >= 11 is 0. The van der Waals surface area contributed by atoms with E-state index in [9.17, 15) is 0 Å². The van der Waals surface area contributed by atoms with E-state index in [-0.39, 0.29) is 0 Å². The molecular formula is C28H30Si2. The molecule has 0 atom stereocenters.